The lowest BCUT2D eigenvalue weighted by Crippen LogP contribution is -2.39. The number of amides is 1. The third-order valence-corrected chi connectivity index (χ3v) is 3.30. The smallest absolute Gasteiger partial charge is 0.236 e. The maximum Gasteiger partial charge on any atom is 0.236 e. The van der Waals surface area contributed by atoms with Crippen molar-refractivity contribution in [2.75, 3.05) is 20.1 Å². The predicted molar refractivity (Wildman–Crippen MR) is 62.8 cm³/mol. The average Bonchev–Trinajstić information content (AvgIpc) is 2.53. The molecule has 1 N–H and O–H groups in total. The first-order valence-electron chi connectivity index (χ1n) is 6.21. The van der Waals surface area contributed by atoms with E-state index in [4.69, 9.17) is 0 Å². The van der Waals surface area contributed by atoms with Gasteiger partial charge < -0.3 is 10.2 Å². The summed E-state index contributed by atoms with van der Waals surface area (Å²) >= 11 is 0. The molecule has 0 heterocycles. The van der Waals surface area contributed by atoms with Gasteiger partial charge in [0.15, 0.2) is 0 Å². The first-order chi connectivity index (χ1) is 7.24. The van der Waals surface area contributed by atoms with Gasteiger partial charge in [0.25, 0.3) is 0 Å². The molecule has 0 spiro atoms. The molecule has 88 valence electrons. The fourth-order valence-electron chi connectivity index (χ4n) is 2.03. The van der Waals surface area contributed by atoms with Gasteiger partial charge in [-0.2, -0.15) is 0 Å². The fourth-order valence-corrected chi connectivity index (χ4v) is 2.03. The Hall–Kier alpha value is -0.570. The Kier molecular flexibility index (Phi) is 5.69. The van der Waals surface area contributed by atoms with E-state index >= 15 is 0 Å². The van der Waals surface area contributed by atoms with E-state index in [1.165, 1.54) is 38.5 Å². The highest BCUT2D eigenvalue weighted by atomic mass is 16.2. The summed E-state index contributed by atoms with van der Waals surface area (Å²) < 4.78 is 0. The minimum Gasteiger partial charge on any atom is -0.345 e. The van der Waals surface area contributed by atoms with Gasteiger partial charge in [-0.1, -0.05) is 25.7 Å². The molecule has 1 rings (SSSR count). The van der Waals surface area contributed by atoms with E-state index in [1.807, 2.05) is 14.0 Å². The highest BCUT2D eigenvalue weighted by molar-refractivity contribution is 5.77. The van der Waals surface area contributed by atoms with Crippen molar-refractivity contribution in [3.05, 3.63) is 0 Å². The second-order valence-electron chi connectivity index (χ2n) is 4.48. The first kappa shape index (κ1) is 12.5. The second kappa shape index (κ2) is 6.83. The molecular formula is C12H24N2O. The number of nitrogens with one attached hydrogen (secondary N) is 1. The average molecular weight is 212 g/mol. The van der Waals surface area contributed by atoms with Gasteiger partial charge in [0, 0.05) is 19.6 Å². The zero-order chi connectivity index (χ0) is 11.1. The summed E-state index contributed by atoms with van der Waals surface area (Å²) in [7, 11) is 1.86. The van der Waals surface area contributed by atoms with Gasteiger partial charge in [-0.3, -0.25) is 4.79 Å². The quantitative estimate of drug-likeness (QED) is 0.720. The maximum atomic E-state index is 11.6. The second-order valence-corrected chi connectivity index (χ2v) is 4.48. The molecule has 0 unspecified atom stereocenters. The summed E-state index contributed by atoms with van der Waals surface area (Å²) in [5.74, 6) is 0.210. The molecule has 1 aliphatic carbocycles. The van der Waals surface area contributed by atoms with Crippen LogP contribution in [-0.2, 0) is 4.79 Å². The van der Waals surface area contributed by atoms with Crippen molar-refractivity contribution in [2.24, 2.45) is 0 Å². The Morgan fingerprint density at radius 3 is 2.40 bits per heavy atom. The normalized spacial score (nSPS) is 18.5. The minimum atomic E-state index is 0.210. The van der Waals surface area contributed by atoms with Gasteiger partial charge in [-0.25, -0.2) is 0 Å². The van der Waals surface area contributed by atoms with Crippen LogP contribution in [0.25, 0.3) is 0 Å². The Morgan fingerprint density at radius 2 is 1.87 bits per heavy atom. The molecule has 1 saturated carbocycles. The predicted octanol–water partition coefficient (Wildman–Crippen LogP) is 1.78. The largest absolute Gasteiger partial charge is 0.345 e. The van der Waals surface area contributed by atoms with Crippen LogP contribution in [0.1, 0.15) is 45.4 Å². The number of rotatable bonds is 4. The SMILES string of the molecule is CCN(C)C(=O)CNC1CCCCCC1. The lowest BCUT2D eigenvalue weighted by molar-refractivity contribution is -0.128. The van der Waals surface area contributed by atoms with Gasteiger partial charge in [0.2, 0.25) is 5.91 Å². The van der Waals surface area contributed by atoms with Crippen LogP contribution in [0.4, 0.5) is 0 Å². The van der Waals surface area contributed by atoms with Crippen molar-refractivity contribution in [1.82, 2.24) is 10.2 Å². The molecule has 0 aliphatic heterocycles. The molecule has 15 heavy (non-hydrogen) atoms. The Morgan fingerprint density at radius 1 is 1.27 bits per heavy atom. The van der Waals surface area contributed by atoms with Gasteiger partial charge >= 0.3 is 0 Å². The summed E-state index contributed by atoms with van der Waals surface area (Å²) in [5.41, 5.74) is 0. The van der Waals surface area contributed by atoms with Crippen LogP contribution in [0.5, 0.6) is 0 Å². The molecule has 1 amide bonds. The van der Waals surface area contributed by atoms with E-state index in [0.717, 1.165) is 6.54 Å². The maximum absolute atomic E-state index is 11.6. The zero-order valence-electron chi connectivity index (χ0n) is 10.1. The van der Waals surface area contributed by atoms with Crippen molar-refractivity contribution in [3.8, 4) is 0 Å². The number of hydrogen-bond donors (Lipinski definition) is 1. The molecule has 0 aromatic carbocycles. The summed E-state index contributed by atoms with van der Waals surface area (Å²) in [4.78, 5) is 13.3. The molecule has 1 aliphatic rings. The molecule has 3 nitrogen and oxygen atoms in total. The Bertz CT molecular complexity index is 186. The van der Waals surface area contributed by atoms with E-state index in [1.54, 1.807) is 4.90 Å². The minimum absolute atomic E-state index is 0.210. The van der Waals surface area contributed by atoms with Crippen LogP contribution in [0.15, 0.2) is 0 Å². The van der Waals surface area contributed by atoms with E-state index < -0.39 is 0 Å². The summed E-state index contributed by atoms with van der Waals surface area (Å²) in [6.45, 7) is 3.31. The van der Waals surface area contributed by atoms with Crippen LogP contribution in [0.3, 0.4) is 0 Å². The van der Waals surface area contributed by atoms with Crippen molar-refractivity contribution in [1.29, 1.82) is 0 Å². The molecular weight excluding hydrogens is 188 g/mol. The molecule has 0 aromatic rings. The van der Waals surface area contributed by atoms with E-state index in [-0.39, 0.29) is 5.91 Å². The standard InChI is InChI=1S/C12H24N2O/c1-3-14(2)12(15)10-13-11-8-6-4-5-7-9-11/h11,13H,3-10H2,1-2H3. The topological polar surface area (TPSA) is 32.3 Å². The van der Waals surface area contributed by atoms with Gasteiger partial charge in [-0.15, -0.1) is 0 Å². The van der Waals surface area contributed by atoms with Gasteiger partial charge in [0.1, 0.15) is 0 Å². The third-order valence-electron chi connectivity index (χ3n) is 3.30. The highest BCUT2D eigenvalue weighted by Gasteiger charge is 2.13. The highest BCUT2D eigenvalue weighted by Crippen LogP contribution is 2.16. The van der Waals surface area contributed by atoms with Gasteiger partial charge in [-0.05, 0) is 19.8 Å². The zero-order valence-corrected chi connectivity index (χ0v) is 10.1. The van der Waals surface area contributed by atoms with Crippen LogP contribution < -0.4 is 5.32 Å². The number of likely N-dealkylation sites (N-methyl/N-ethyl adjacent to an activating group) is 1. The van der Waals surface area contributed by atoms with Crippen molar-refractivity contribution < 1.29 is 4.79 Å². The lowest BCUT2D eigenvalue weighted by atomic mass is 10.1. The van der Waals surface area contributed by atoms with Crippen LogP contribution in [0, 0.1) is 0 Å². The summed E-state index contributed by atoms with van der Waals surface area (Å²) in [5, 5.41) is 3.39. The molecule has 0 bridgehead atoms. The molecule has 0 radical (unpaired) electrons. The summed E-state index contributed by atoms with van der Waals surface area (Å²) in [6, 6.07) is 0.571. The van der Waals surface area contributed by atoms with Crippen LogP contribution in [-0.4, -0.2) is 37.0 Å². The molecule has 1 fully saturated rings. The van der Waals surface area contributed by atoms with Crippen LogP contribution in [0.2, 0.25) is 0 Å². The number of carbonyl (C=O) groups excluding carboxylic acids is 1. The summed E-state index contributed by atoms with van der Waals surface area (Å²) in [6.07, 6.45) is 7.83. The van der Waals surface area contributed by atoms with E-state index in [2.05, 4.69) is 5.32 Å². The third kappa shape index (κ3) is 4.65. The van der Waals surface area contributed by atoms with Crippen molar-refractivity contribution >= 4 is 5.91 Å². The Labute approximate surface area is 93.2 Å². The Balaban J connectivity index is 2.20. The van der Waals surface area contributed by atoms with E-state index in [0.29, 0.717) is 12.6 Å². The molecule has 0 atom stereocenters. The number of nitrogens with zero attached hydrogens (tertiary/aromatic N) is 1. The van der Waals surface area contributed by atoms with E-state index in [9.17, 15) is 4.79 Å². The molecule has 3 heteroatoms. The van der Waals surface area contributed by atoms with Crippen molar-refractivity contribution in [3.63, 3.8) is 0 Å². The molecule has 0 aromatic heterocycles. The monoisotopic (exact) mass is 212 g/mol. The van der Waals surface area contributed by atoms with Crippen LogP contribution >= 0.6 is 0 Å². The lowest BCUT2D eigenvalue weighted by Gasteiger charge is -2.19. The van der Waals surface area contributed by atoms with Crippen molar-refractivity contribution in [2.45, 2.75) is 51.5 Å². The molecule has 0 saturated heterocycles. The van der Waals surface area contributed by atoms with Gasteiger partial charge in [0.05, 0.1) is 6.54 Å². The first-order valence-corrected chi connectivity index (χ1v) is 6.21. The number of carbonyl (C=O) groups is 1. The fraction of sp³-hybridized carbons (Fsp3) is 0.917. The number of hydrogen-bond acceptors (Lipinski definition) is 2.